The first-order valence-electron chi connectivity index (χ1n) is 5.33. The summed E-state index contributed by atoms with van der Waals surface area (Å²) in [5.74, 6) is 0.116. The SMILES string of the molecule is CCS(=O)(=O)NC1(CN)CCN(C)CC1. The molecule has 15 heavy (non-hydrogen) atoms. The second kappa shape index (κ2) is 4.78. The van der Waals surface area contributed by atoms with Crippen molar-refractivity contribution in [2.24, 2.45) is 5.73 Å². The molecule has 0 spiro atoms. The molecule has 0 saturated carbocycles. The molecule has 90 valence electrons. The molecule has 1 saturated heterocycles. The maximum Gasteiger partial charge on any atom is 0.211 e. The molecule has 1 heterocycles. The molecule has 3 N–H and O–H groups in total. The van der Waals surface area contributed by atoms with Crippen molar-refractivity contribution in [2.75, 3.05) is 32.4 Å². The van der Waals surface area contributed by atoms with Crippen molar-refractivity contribution in [3.63, 3.8) is 0 Å². The van der Waals surface area contributed by atoms with Crippen molar-refractivity contribution in [3.05, 3.63) is 0 Å². The Hall–Kier alpha value is -0.170. The van der Waals surface area contributed by atoms with Crippen LogP contribution in [0.1, 0.15) is 19.8 Å². The Kier molecular flexibility index (Phi) is 4.11. The number of nitrogens with zero attached hydrogens (tertiary/aromatic N) is 1. The number of piperidine rings is 1. The van der Waals surface area contributed by atoms with E-state index in [1.54, 1.807) is 6.92 Å². The van der Waals surface area contributed by atoms with Crippen molar-refractivity contribution in [1.82, 2.24) is 9.62 Å². The maximum absolute atomic E-state index is 11.5. The van der Waals surface area contributed by atoms with Crippen molar-refractivity contribution < 1.29 is 8.42 Å². The zero-order valence-corrected chi connectivity index (χ0v) is 10.3. The number of nitrogens with one attached hydrogen (secondary N) is 1. The van der Waals surface area contributed by atoms with Crippen LogP contribution in [0, 0.1) is 0 Å². The highest BCUT2D eigenvalue weighted by Gasteiger charge is 2.35. The first kappa shape index (κ1) is 12.9. The highest BCUT2D eigenvalue weighted by Crippen LogP contribution is 2.21. The van der Waals surface area contributed by atoms with Gasteiger partial charge in [-0.05, 0) is 39.9 Å². The number of likely N-dealkylation sites (tertiary alicyclic amines) is 1. The Morgan fingerprint density at radius 1 is 1.40 bits per heavy atom. The lowest BCUT2D eigenvalue weighted by Gasteiger charge is -2.40. The largest absolute Gasteiger partial charge is 0.329 e. The molecule has 1 aliphatic rings. The van der Waals surface area contributed by atoms with E-state index in [2.05, 4.69) is 9.62 Å². The fourth-order valence-electron chi connectivity index (χ4n) is 1.80. The molecule has 0 aromatic heterocycles. The second-order valence-corrected chi connectivity index (χ2v) is 6.30. The van der Waals surface area contributed by atoms with Gasteiger partial charge in [0.05, 0.1) is 5.75 Å². The van der Waals surface area contributed by atoms with E-state index < -0.39 is 15.6 Å². The van der Waals surface area contributed by atoms with E-state index >= 15 is 0 Å². The summed E-state index contributed by atoms with van der Waals surface area (Å²) in [5, 5.41) is 0. The van der Waals surface area contributed by atoms with Gasteiger partial charge >= 0.3 is 0 Å². The van der Waals surface area contributed by atoms with Gasteiger partial charge in [0.1, 0.15) is 0 Å². The molecule has 0 aliphatic carbocycles. The second-order valence-electron chi connectivity index (χ2n) is 4.29. The Balaban J connectivity index is 2.70. The predicted molar refractivity (Wildman–Crippen MR) is 61.1 cm³/mol. The minimum absolute atomic E-state index is 0.116. The van der Waals surface area contributed by atoms with Crippen LogP contribution in [-0.4, -0.2) is 51.3 Å². The van der Waals surface area contributed by atoms with Gasteiger partial charge in [-0.2, -0.15) is 0 Å². The van der Waals surface area contributed by atoms with Gasteiger partial charge in [-0.3, -0.25) is 0 Å². The minimum atomic E-state index is -3.16. The molecule has 1 fully saturated rings. The Bertz CT molecular complexity index is 294. The summed E-state index contributed by atoms with van der Waals surface area (Å²) >= 11 is 0. The average Bonchev–Trinajstić information content (AvgIpc) is 2.22. The Morgan fingerprint density at radius 3 is 2.33 bits per heavy atom. The van der Waals surface area contributed by atoms with Gasteiger partial charge < -0.3 is 10.6 Å². The van der Waals surface area contributed by atoms with Crippen molar-refractivity contribution in [1.29, 1.82) is 0 Å². The molecule has 0 aromatic rings. The van der Waals surface area contributed by atoms with Crippen LogP contribution in [0.4, 0.5) is 0 Å². The van der Waals surface area contributed by atoms with E-state index in [4.69, 9.17) is 5.73 Å². The molecule has 0 unspecified atom stereocenters. The average molecular weight is 235 g/mol. The van der Waals surface area contributed by atoms with Crippen LogP contribution in [-0.2, 0) is 10.0 Å². The first-order valence-corrected chi connectivity index (χ1v) is 6.98. The van der Waals surface area contributed by atoms with Gasteiger partial charge in [0.15, 0.2) is 0 Å². The molecule has 0 bridgehead atoms. The lowest BCUT2D eigenvalue weighted by atomic mass is 9.89. The van der Waals surface area contributed by atoms with Gasteiger partial charge in [0, 0.05) is 12.1 Å². The van der Waals surface area contributed by atoms with Gasteiger partial charge in [-0.15, -0.1) is 0 Å². The van der Waals surface area contributed by atoms with Crippen LogP contribution in [0.15, 0.2) is 0 Å². The van der Waals surface area contributed by atoms with Crippen LogP contribution in [0.3, 0.4) is 0 Å². The van der Waals surface area contributed by atoms with E-state index in [0.717, 1.165) is 25.9 Å². The third kappa shape index (κ3) is 3.41. The molecule has 0 aromatic carbocycles. The van der Waals surface area contributed by atoms with E-state index in [9.17, 15) is 8.42 Å². The molecule has 0 radical (unpaired) electrons. The molecule has 5 nitrogen and oxygen atoms in total. The summed E-state index contributed by atoms with van der Waals surface area (Å²) in [6.07, 6.45) is 1.58. The molecule has 0 amide bonds. The summed E-state index contributed by atoms with van der Waals surface area (Å²) in [5.41, 5.74) is 5.28. The number of rotatable bonds is 4. The summed E-state index contributed by atoms with van der Waals surface area (Å²) in [6.45, 7) is 3.80. The van der Waals surface area contributed by atoms with Crippen LogP contribution in [0.2, 0.25) is 0 Å². The smallest absolute Gasteiger partial charge is 0.211 e. The fourth-order valence-corrected chi connectivity index (χ4v) is 2.89. The molecular weight excluding hydrogens is 214 g/mol. The topological polar surface area (TPSA) is 75.4 Å². The van der Waals surface area contributed by atoms with Gasteiger partial charge in [0.25, 0.3) is 0 Å². The van der Waals surface area contributed by atoms with Crippen LogP contribution >= 0.6 is 0 Å². The molecular formula is C9H21N3O2S. The number of hydrogen-bond donors (Lipinski definition) is 2. The minimum Gasteiger partial charge on any atom is -0.329 e. The quantitative estimate of drug-likeness (QED) is 0.679. The zero-order valence-electron chi connectivity index (χ0n) is 9.49. The normalized spacial score (nSPS) is 22.9. The maximum atomic E-state index is 11.5. The Labute approximate surface area is 92.1 Å². The lowest BCUT2D eigenvalue weighted by Crippen LogP contribution is -2.58. The van der Waals surface area contributed by atoms with E-state index in [1.165, 1.54) is 0 Å². The van der Waals surface area contributed by atoms with Crippen molar-refractivity contribution >= 4 is 10.0 Å². The molecule has 1 aliphatic heterocycles. The Morgan fingerprint density at radius 2 is 1.93 bits per heavy atom. The number of sulfonamides is 1. The van der Waals surface area contributed by atoms with Crippen LogP contribution in [0.25, 0.3) is 0 Å². The highest BCUT2D eigenvalue weighted by atomic mass is 32.2. The van der Waals surface area contributed by atoms with E-state index in [0.29, 0.717) is 6.54 Å². The summed E-state index contributed by atoms with van der Waals surface area (Å²) in [6, 6.07) is 0. The van der Waals surface area contributed by atoms with E-state index in [-0.39, 0.29) is 5.75 Å². The predicted octanol–water partition coefficient (Wildman–Crippen LogP) is -0.651. The number of hydrogen-bond acceptors (Lipinski definition) is 4. The van der Waals surface area contributed by atoms with Crippen molar-refractivity contribution in [2.45, 2.75) is 25.3 Å². The van der Waals surface area contributed by atoms with Crippen LogP contribution < -0.4 is 10.5 Å². The molecule has 6 heteroatoms. The monoisotopic (exact) mass is 235 g/mol. The van der Waals surface area contributed by atoms with Gasteiger partial charge in [-0.1, -0.05) is 0 Å². The molecule has 0 atom stereocenters. The first-order chi connectivity index (χ1) is 6.93. The highest BCUT2D eigenvalue weighted by molar-refractivity contribution is 7.89. The summed E-state index contributed by atoms with van der Waals surface area (Å²) in [7, 11) is -1.12. The summed E-state index contributed by atoms with van der Waals surface area (Å²) in [4.78, 5) is 2.19. The zero-order chi connectivity index (χ0) is 11.5. The third-order valence-corrected chi connectivity index (χ3v) is 4.59. The third-order valence-electron chi connectivity index (χ3n) is 3.09. The fraction of sp³-hybridized carbons (Fsp3) is 1.00. The summed E-state index contributed by atoms with van der Waals surface area (Å²) < 4.78 is 25.8. The molecule has 1 rings (SSSR count). The van der Waals surface area contributed by atoms with E-state index in [1.807, 2.05) is 7.05 Å². The lowest BCUT2D eigenvalue weighted by molar-refractivity contribution is 0.182. The number of nitrogens with two attached hydrogens (primary N) is 1. The van der Waals surface area contributed by atoms with Crippen LogP contribution in [0.5, 0.6) is 0 Å². The van der Waals surface area contributed by atoms with Crippen molar-refractivity contribution in [3.8, 4) is 0 Å². The van der Waals surface area contributed by atoms with Gasteiger partial charge in [-0.25, -0.2) is 13.1 Å². The standard InChI is InChI=1S/C9H21N3O2S/c1-3-15(13,14)11-9(8-10)4-6-12(2)7-5-9/h11H,3-8,10H2,1-2H3. The van der Waals surface area contributed by atoms with Gasteiger partial charge in [0.2, 0.25) is 10.0 Å².